The predicted molar refractivity (Wildman–Crippen MR) is 143 cm³/mol. The van der Waals surface area contributed by atoms with Crippen molar-refractivity contribution in [3.05, 3.63) is 88.4 Å². The number of nitriles is 1. The van der Waals surface area contributed by atoms with Gasteiger partial charge in [-0.05, 0) is 56.2 Å². The SMILES string of the molecule is COC(=O)C1=C(C(=O)OC)N(c2ccc(CNC3CCN(C)CC3)cc2)C(N)=C(C#N)C1c1ccccc1. The van der Waals surface area contributed by atoms with Crippen LogP contribution in [0, 0.1) is 11.3 Å². The average Bonchev–Trinajstić information content (AvgIpc) is 2.96. The first-order chi connectivity index (χ1) is 18.4. The Bertz CT molecular complexity index is 1270. The Balaban J connectivity index is 1.73. The highest BCUT2D eigenvalue weighted by atomic mass is 16.5. The molecule has 1 saturated heterocycles. The van der Waals surface area contributed by atoms with Gasteiger partial charge in [0.1, 0.15) is 11.5 Å². The van der Waals surface area contributed by atoms with E-state index in [1.54, 1.807) is 24.3 Å². The highest BCUT2D eigenvalue weighted by Gasteiger charge is 2.42. The van der Waals surface area contributed by atoms with Crippen molar-refractivity contribution in [3.63, 3.8) is 0 Å². The molecule has 9 nitrogen and oxygen atoms in total. The normalized spacial score (nSPS) is 18.8. The average molecular weight is 516 g/mol. The van der Waals surface area contributed by atoms with E-state index in [2.05, 4.69) is 23.3 Å². The minimum absolute atomic E-state index is 0.00990. The summed E-state index contributed by atoms with van der Waals surface area (Å²) < 4.78 is 10.2. The number of anilines is 1. The van der Waals surface area contributed by atoms with E-state index in [-0.39, 0.29) is 22.7 Å². The molecule has 1 atom stereocenters. The number of rotatable bonds is 7. The lowest BCUT2D eigenvalue weighted by molar-refractivity contribution is -0.139. The molecule has 1 unspecified atom stereocenters. The van der Waals surface area contributed by atoms with Gasteiger partial charge >= 0.3 is 11.9 Å². The minimum atomic E-state index is -0.892. The first-order valence-electron chi connectivity index (χ1n) is 12.6. The summed E-state index contributed by atoms with van der Waals surface area (Å²) in [5.74, 6) is -2.36. The number of piperidine rings is 1. The largest absolute Gasteiger partial charge is 0.466 e. The third-order valence-electron chi connectivity index (χ3n) is 7.12. The molecule has 2 aromatic rings. The van der Waals surface area contributed by atoms with Gasteiger partial charge < -0.3 is 25.4 Å². The van der Waals surface area contributed by atoms with Gasteiger partial charge in [-0.3, -0.25) is 4.90 Å². The van der Waals surface area contributed by atoms with Crippen LogP contribution in [-0.2, 0) is 25.6 Å². The van der Waals surface area contributed by atoms with Crippen LogP contribution >= 0.6 is 0 Å². The Morgan fingerprint density at radius 2 is 1.66 bits per heavy atom. The molecule has 198 valence electrons. The molecule has 38 heavy (non-hydrogen) atoms. The molecule has 2 aliphatic rings. The molecule has 2 heterocycles. The van der Waals surface area contributed by atoms with Crippen molar-refractivity contribution in [2.24, 2.45) is 5.73 Å². The summed E-state index contributed by atoms with van der Waals surface area (Å²) in [6.45, 7) is 2.85. The number of carbonyl (C=O) groups excluding carboxylic acids is 2. The number of hydrogen-bond acceptors (Lipinski definition) is 9. The van der Waals surface area contributed by atoms with Crippen molar-refractivity contribution >= 4 is 17.6 Å². The summed E-state index contributed by atoms with van der Waals surface area (Å²) in [6.07, 6.45) is 2.21. The van der Waals surface area contributed by atoms with Crippen LogP contribution in [0.1, 0.15) is 29.9 Å². The fraction of sp³-hybridized carbons (Fsp3) is 0.345. The van der Waals surface area contributed by atoms with Crippen LogP contribution in [0.5, 0.6) is 0 Å². The highest BCUT2D eigenvalue weighted by molar-refractivity contribution is 6.06. The van der Waals surface area contributed by atoms with Gasteiger partial charge in [-0.15, -0.1) is 0 Å². The van der Waals surface area contributed by atoms with Gasteiger partial charge in [-0.25, -0.2) is 9.59 Å². The maximum Gasteiger partial charge on any atom is 0.355 e. The molecule has 3 N–H and O–H groups in total. The van der Waals surface area contributed by atoms with Crippen molar-refractivity contribution in [1.82, 2.24) is 10.2 Å². The van der Waals surface area contributed by atoms with Crippen LogP contribution < -0.4 is 16.0 Å². The van der Waals surface area contributed by atoms with E-state index >= 15 is 0 Å². The number of benzene rings is 2. The smallest absolute Gasteiger partial charge is 0.355 e. The van der Waals surface area contributed by atoms with Gasteiger partial charge in [-0.2, -0.15) is 5.26 Å². The second-order valence-corrected chi connectivity index (χ2v) is 9.46. The van der Waals surface area contributed by atoms with E-state index in [4.69, 9.17) is 15.2 Å². The molecule has 0 amide bonds. The van der Waals surface area contributed by atoms with Crippen LogP contribution in [0.4, 0.5) is 5.69 Å². The first-order valence-corrected chi connectivity index (χ1v) is 12.6. The molecule has 2 aromatic carbocycles. The topological polar surface area (TPSA) is 121 Å². The van der Waals surface area contributed by atoms with E-state index < -0.39 is 17.9 Å². The van der Waals surface area contributed by atoms with Crippen LogP contribution in [0.15, 0.2) is 77.3 Å². The number of allylic oxidation sites excluding steroid dienone is 1. The summed E-state index contributed by atoms with van der Waals surface area (Å²) in [6, 6.07) is 19.1. The number of nitrogens with zero attached hydrogens (tertiary/aromatic N) is 3. The second-order valence-electron chi connectivity index (χ2n) is 9.46. The van der Waals surface area contributed by atoms with Crippen molar-refractivity contribution in [1.29, 1.82) is 5.26 Å². The van der Waals surface area contributed by atoms with Gasteiger partial charge in [0.2, 0.25) is 0 Å². The van der Waals surface area contributed by atoms with E-state index in [0.717, 1.165) is 31.5 Å². The highest BCUT2D eigenvalue weighted by Crippen LogP contribution is 2.43. The Morgan fingerprint density at radius 3 is 2.24 bits per heavy atom. The zero-order valence-corrected chi connectivity index (χ0v) is 21.9. The number of carbonyl (C=O) groups is 2. The lowest BCUT2D eigenvalue weighted by Crippen LogP contribution is -2.41. The van der Waals surface area contributed by atoms with Gasteiger partial charge in [0, 0.05) is 18.3 Å². The van der Waals surface area contributed by atoms with Crippen molar-refractivity contribution in [3.8, 4) is 6.07 Å². The Labute approximate surface area is 223 Å². The molecule has 0 aromatic heterocycles. The number of esters is 2. The van der Waals surface area contributed by atoms with Crippen molar-refractivity contribution in [2.45, 2.75) is 31.3 Å². The number of methoxy groups -OCH3 is 2. The zero-order valence-electron chi connectivity index (χ0n) is 21.9. The fourth-order valence-electron chi connectivity index (χ4n) is 5.02. The van der Waals surface area contributed by atoms with E-state index in [1.807, 2.05) is 30.3 Å². The monoisotopic (exact) mass is 515 g/mol. The van der Waals surface area contributed by atoms with Gasteiger partial charge in [0.05, 0.1) is 37.4 Å². The summed E-state index contributed by atoms with van der Waals surface area (Å²) in [5.41, 5.74) is 8.81. The van der Waals surface area contributed by atoms with Gasteiger partial charge in [0.15, 0.2) is 0 Å². The quantitative estimate of drug-likeness (QED) is 0.536. The molecule has 1 fully saturated rings. The Kier molecular flexibility index (Phi) is 8.46. The minimum Gasteiger partial charge on any atom is -0.466 e. The number of ether oxygens (including phenoxy) is 2. The molecule has 0 radical (unpaired) electrons. The predicted octanol–water partition coefficient (Wildman–Crippen LogP) is 2.77. The first kappa shape index (κ1) is 26.9. The van der Waals surface area contributed by atoms with Crippen LogP contribution in [0.25, 0.3) is 0 Å². The summed E-state index contributed by atoms with van der Waals surface area (Å²) in [4.78, 5) is 30.0. The lowest BCUT2D eigenvalue weighted by atomic mass is 9.81. The molecular formula is C29H33N5O4. The van der Waals surface area contributed by atoms with E-state index in [1.165, 1.54) is 19.1 Å². The van der Waals surface area contributed by atoms with Crippen molar-refractivity contribution in [2.75, 3.05) is 39.3 Å². The van der Waals surface area contributed by atoms with Gasteiger partial charge in [0.25, 0.3) is 0 Å². The molecule has 0 saturated carbocycles. The lowest BCUT2D eigenvalue weighted by Gasteiger charge is -2.36. The molecule has 2 aliphatic heterocycles. The van der Waals surface area contributed by atoms with Crippen molar-refractivity contribution < 1.29 is 19.1 Å². The molecule has 0 bridgehead atoms. The second kappa shape index (κ2) is 11.9. The third-order valence-corrected chi connectivity index (χ3v) is 7.12. The summed E-state index contributed by atoms with van der Waals surface area (Å²) >= 11 is 0. The Hall–Kier alpha value is -4.13. The number of nitrogens with two attached hydrogens (primary N) is 1. The Morgan fingerprint density at radius 1 is 1.03 bits per heavy atom. The number of likely N-dealkylation sites (tertiary alicyclic amines) is 1. The van der Waals surface area contributed by atoms with Crippen LogP contribution in [0.2, 0.25) is 0 Å². The third kappa shape index (κ3) is 5.42. The molecule has 0 spiro atoms. The maximum atomic E-state index is 13.2. The summed E-state index contributed by atoms with van der Waals surface area (Å²) in [5, 5.41) is 13.8. The summed E-state index contributed by atoms with van der Waals surface area (Å²) in [7, 11) is 4.60. The molecule has 0 aliphatic carbocycles. The number of hydrogen-bond donors (Lipinski definition) is 2. The van der Waals surface area contributed by atoms with Gasteiger partial charge in [-0.1, -0.05) is 42.5 Å². The van der Waals surface area contributed by atoms with Crippen LogP contribution in [0.3, 0.4) is 0 Å². The zero-order chi connectivity index (χ0) is 27.2. The van der Waals surface area contributed by atoms with E-state index in [9.17, 15) is 14.9 Å². The molecular weight excluding hydrogens is 482 g/mol. The molecule has 4 rings (SSSR count). The molecule has 9 heteroatoms. The maximum absolute atomic E-state index is 13.2. The fourth-order valence-corrected chi connectivity index (χ4v) is 5.02. The standard InChI is InChI=1S/C29H33N5O4/c1-33-15-13-21(14-16-33)32-18-19-9-11-22(12-10-19)34-26(29(36)38-3)25(28(35)37-2)24(23(17-30)27(34)31)20-7-5-4-6-8-20/h4-12,21,24,32H,13-16,18,31H2,1-3H3. The number of nitrogens with one attached hydrogen (secondary N) is 1. The van der Waals surface area contributed by atoms with E-state index in [0.29, 0.717) is 23.8 Å². The van der Waals surface area contributed by atoms with Crippen LogP contribution in [-0.4, -0.2) is 57.2 Å².